The average Bonchev–Trinajstić information content (AvgIpc) is 2.71. The van der Waals surface area contributed by atoms with Crippen LogP contribution in [0.5, 0.6) is 5.75 Å². The van der Waals surface area contributed by atoms with Crippen LogP contribution in [0.2, 0.25) is 0 Å². The minimum Gasteiger partial charge on any atom is -0.491 e. The van der Waals surface area contributed by atoms with E-state index in [0.29, 0.717) is 24.3 Å². The van der Waals surface area contributed by atoms with Crippen LogP contribution < -0.4 is 10.1 Å². The van der Waals surface area contributed by atoms with Crippen molar-refractivity contribution in [3.63, 3.8) is 0 Å². The standard InChI is InChI=1S/C15H18FNO/c1-2-18-15-7-6-11(9-13(15)16)17-14-8-10-4-3-5-12(10)14/h3,5-7,9-10,12,14,17H,2,4,8H2,1H3. The number of hydrogen-bond acceptors (Lipinski definition) is 2. The third kappa shape index (κ3) is 1.98. The molecule has 1 aromatic rings. The molecule has 0 amide bonds. The summed E-state index contributed by atoms with van der Waals surface area (Å²) >= 11 is 0. The molecule has 0 aromatic heterocycles. The van der Waals surface area contributed by atoms with Gasteiger partial charge in [-0.1, -0.05) is 12.2 Å². The van der Waals surface area contributed by atoms with E-state index in [1.165, 1.54) is 18.9 Å². The molecule has 0 aliphatic heterocycles. The van der Waals surface area contributed by atoms with Crippen LogP contribution in [0.1, 0.15) is 19.8 Å². The zero-order valence-corrected chi connectivity index (χ0v) is 10.5. The second kappa shape index (κ2) is 4.63. The molecule has 3 atom stereocenters. The molecule has 1 saturated carbocycles. The van der Waals surface area contributed by atoms with Gasteiger partial charge in [0.1, 0.15) is 0 Å². The molecule has 3 unspecified atom stereocenters. The minimum atomic E-state index is -0.292. The molecule has 2 nitrogen and oxygen atoms in total. The summed E-state index contributed by atoms with van der Waals surface area (Å²) in [5.74, 6) is 1.49. The van der Waals surface area contributed by atoms with Gasteiger partial charge in [-0.05, 0) is 37.8 Å². The molecule has 2 aliphatic carbocycles. The molecule has 3 rings (SSSR count). The average molecular weight is 247 g/mol. The highest BCUT2D eigenvalue weighted by Gasteiger charge is 2.40. The summed E-state index contributed by atoms with van der Waals surface area (Å²) in [6.45, 7) is 2.34. The Morgan fingerprint density at radius 2 is 2.33 bits per heavy atom. The van der Waals surface area contributed by atoms with Crippen molar-refractivity contribution < 1.29 is 9.13 Å². The van der Waals surface area contributed by atoms with Gasteiger partial charge in [0.15, 0.2) is 11.6 Å². The van der Waals surface area contributed by atoms with Crippen molar-refractivity contribution in [1.29, 1.82) is 0 Å². The molecule has 0 heterocycles. The molecule has 3 heteroatoms. The summed E-state index contributed by atoms with van der Waals surface area (Å²) in [5.41, 5.74) is 0.847. The van der Waals surface area contributed by atoms with E-state index in [1.807, 2.05) is 13.0 Å². The molecule has 2 aliphatic rings. The lowest BCUT2D eigenvalue weighted by Crippen LogP contribution is -2.43. The maximum atomic E-state index is 13.7. The van der Waals surface area contributed by atoms with Crippen molar-refractivity contribution >= 4 is 5.69 Å². The molecule has 0 radical (unpaired) electrons. The molecule has 1 N–H and O–H groups in total. The van der Waals surface area contributed by atoms with Crippen LogP contribution in [0.25, 0.3) is 0 Å². The quantitative estimate of drug-likeness (QED) is 0.821. The van der Waals surface area contributed by atoms with E-state index in [4.69, 9.17) is 4.74 Å². The zero-order valence-electron chi connectivity index (χ0n) is 10.5. The monoisotopic (exact) mass is 247 g/mol. The van der Waals surface area contributed by atoms with Crippen molar-refractivity contribution in [2.75, 3.05) is 11.9 Å². The zero-order chi connectivity index (χ0) is 12.5. The first-order valence-electron chi connectivity index (χ1n) is 6.63. The lowest BCUT2D eigenvalue weighted by Gasteiger charge is -2.41. The Labute approximate surface area is 107 Å². The second-order valence-electron chi connectivity index (χ2n) is 5.07. The summed E-state index contributed by atoms with van der Waals surface area (Å²) in [7, 11) is 0. The van der Waals surface area contributed by atoms with Gasteiger partial charge in [0.25, 0.3) is 0 Å². The van der Waals surface area contributed by atoms with Crippen molar-refractivity contribution in [1.82, 2.24) is 0 Å². The topological polar surface area (TPSA) is 21.3 Å². The summed E-state index contributed by atoms with van der Waals surface area (Å²) in [6, 6.07) is 5.57. The highest BCUT2D eigenvalue weighted by molar-refractivity contribution is 5.49. The van der Waals surface area contributed by atoms with Gasteiger partial charge in [-0.25, -0.2) is 4.39 Å². The summed E-state index contributed by atoms with van der Waals surface area (Å²) < 4.78 is 18.9. The first-order valence-corrected chi connectivity index (χ1v) is 6.63. The maximum Gasteiger partial charge on any atom is 0.167 e. The molecule has 96 valence electrons. The van der Waals surface area contributed by atoms with Gasteiger partial charge >= 0.3 is 0 Å². The first-order chi connectivity index (χ1) is 8.78. The van der Waals surface area contributed by atoms with Crippen molar-refractivity contribution in [2.45, 2.75) is 25.8 Å². The summed E-state index contributed by atoms with van der Waals surface area (Å²) in [6.07, 6.45) is 6.94. The van der Waals surface area contributed by atoms with Crippen LogP contribution in [-0.2, 0) is 0 Å². The van der Waals surface area contributed by atoms with E-state index in [9.17, 15) is 4.39 Å². The van der Waals surface area contributed by atoms with Crippen LogP contribution >= 0.6 is 0 Å². The van der Waals surface area contributed by atoms with E-state index in [0.717, 1.165) is 11.6 Å². The van der Waals surface area contributed by atoms with Crippen LogP contribution in [-0.4, -0.2) is 12.6 Å². The van der Waals surface area contributed by atoms with Crippen molar-refractivity contribution in [3.8, 4) is 5.75 Å². The Kier molecular flexibility index (Phi) is 2.98. The van der Waals surface area contributed by atoms with E-state index < -0.39 is 0 Å². The number of ether oxygens (including phenoxy) is 1. The van der Waals surface area contributed by atoms with Gasteiger partial charge in [0.2, 0.25) is 0 Å². The van der Waals surface area contributed by atoms with Crippen LogP contribution in [0.4, 0.5) is 10.1 Å². The smallest absolute Gasteiger partial charge is 0.167 e. The van der Waals surface area contributed by atoms with Gasteiger partial charge in [0, 0.05) is 23.7 Å². The Bertz CT molecular complexity index is 472. The largest absolute Gasteiger partial charge is 0.491 e. The van der Waals surface area contributed by atoms with E-state index in [-0.39, 0.29) is 5.82 Å². The minimum absolute atomic E-state index is 0.292. The van der Waals surface area contributed by atoms with E-state index >= 15 is 0 Å². The molecule has 0 saturated heterocycles. The number of allylic oxidation sites excluding steroid dienone is 1. The van der Waals surface area contributed by atoms with Gasteiger partial charge in [0.05, 0.1) is 6.61 Å². The third-order valence-electron chi connectivity index (χ3n) is 3.95. The predicted octanol–water partition coefficient (Wildman–Crippen LogP) is 3.60. The molecule has 0 bridgehead atoms. The number of fused-ring (bicyclic) bond motifs is 1. The molecular weight excluding hydrogens is 229 g/mol. The molecular formula is C15H18FNO. The van der Waals surface area contributed by atoms with Crippen LogP contribution in [0, 0.1) is 17.7 Å². The maximum absolute atomic E-state index is 13.7. The van der Waals surface area contributed by atoms with Crippen molar-refractivity contribution in [2.24, 2.45) is 11.8 Å². The summed E-state index contributed by atoms with van der Waals surface area (Å²) in [4.78, 5) is 0. The number of benzene rings is 1. The number of nitrogens with one attached hydrogen (secondary N) is 1. The predicted molar refractivity (Wildman–Crippen MR) is 70.3 cm³/mol. The Balaban J connectivity index is 1.66. The van der Waals surface area contributed by atoms with Gasteiger partial charge in [-0.2, -0.15) is 0 Å². The number of rotatable bonds is 4. The Morgan fingerprint density at radius 3 is 3.06 bits per heavy atom. The fourth-order valence-corrected chi connectivity index (χ4v) is 2.96. The first kappa shape index (κ1) is 11.6. The fraction of sp³-hybridized carbons (Fsp3) is 0.467. The molecule has 18 heavy (non-hydrogen) atoms. The normalized spacial score (nSPS) is 28.7. The third-order valence-corrected chi connectivity index (χ3v) is 3.95. The fourth-order valence-electron chi connectivity index (χ4n) is 2.96. The van der Waals surface area contributed by atoms with E-state index in [2.05, 4.69) is 17.5 Å². The summed E-state index contributed by atoms with van der Waals surface area (Å²) in [5, 5.41) is 3.41. The number of halogens is 1. The SMILES string of the molecule is CCOc1ccc(NC2CC3CC=CC32)cc1F. The molecule has 0 spiro atoms. The molecule has 1 fully saturated rings. The Morgan fingerprint density at radius 1 is 1.44 bits per heavy atom. The van der Waals surface area contributed by atoms with Crippen LogP contribution in [0.15, 0.2) is 30.4 Å². The van der Waals surface area contributed by atoms with Gasteiger partial charge in [-0.3, -0.25) is 0 Å². The second-order valence-corrected chi connectivity index (χ2v) is 5.07. The number of hydrogen-bond donors (Lipinski definition) is 1. The highest BCUT2D eigenvalue weighted by Crippen LogP contribution is 2.44. The highest BCUT2D eigenvalue weighted by atomic mass is 19.1. The Hall–Kier alpha value is -1.51. The van der Waals surface area contributed by atoms with Gasteiger partial charge < -0.3 is 10.1 Å². The lowest BCUT2D eigenvalue weighted by molar-refractivity contribution is 0.218. The van der Waals surface area contributed by atoms with Crippen molar-refractivity contribution in [3.05, 3.63) is 36.2 Å². The van der Waals surface area contributed by atoms with E-state index in [1.54, 1.807) is 6.07 Å². The lowest BCUT2D eigenvalue weighted by atomic mass is 9.71. The van der Waals surface area contributed by atoms with Gasteiger partial charge in [-0.15, -0.1) is 0 Å². The molecule has 1 aromatic carbocycles. The van der Waals surface area contributed by atoms with Crippen LogP contribution in [0.3, 0.4) is 0 Å². The number of anilines is 1.